The van der Waals surface area contributed by atoms with Gasteiger partial charge in [0, 0.05) is 19.1 Å². The third-order valence-corrected chi connectivity index (χ3v) is 12.3. The van der Waals surface area contributed by atoms with Gasteiger partial charge in [0.1, 0.15) is 23.7 Å². The van der Waals surface area contributed by atoms with Crippen LogP contribution in [0.2, 0.25) is 0 Å². The van der Waals surface area contributed by atoms with Crippen molar-refractivity contribution in [2.24, 2.45) is 23.7 Å². The maximum absolute atomic E-state index is 13.8. The van der Waals surface area contributed by atoms with E-state index in [1.165, 1.54) is 14.2 Å². The number of amides is 4. The number of H-pyrrole nitrogens is 2. The van der Waals surface area contributed by atoms with Crippen LogP contribution in [0, 0.1) is 23.7 Å². The van der Waals surface area contributed by atoms with E-state index in [1.807, 2.05) is 43.7 Å². The first-order valence-electron chi connectivity index (χ1n) is 19.6. The van der Waals surface area contributed by atoms with Gasteiger partial charge in [-0.2, -0.15) is 0 Å². The van der Waals surface area contributed by atoms with Gasteiger partial charge in [-0.3, -0.25) is 14.5 Å². The molecule has 0 radical (unpaired) electrons. The summed E-state index contributed by atoms with van der Waals surface area (Å²) in [6.07, 6.45) is 5.47. The van der Waals surface area contributed by atoms with Crippen molar-refractivity contribution in [3.05, 3.63) is 72.6 Å². The highest BCUT2D eigenvalue weighted by Crippen LogP contribution is 2.54. The average Bonchev–Trinajstić information content (AvgIpc) is 3.78. The molecule has 4 aliphatic rings. The standard InChI is InChI=1S/C42H50N8O6/c1-21(2)35(47-41(53)56-6)39(51)49-31-15-27(31)17-33(49)37-43-19-29(45-37)25-11-7-23(8-12-25)24-9-13-26(14-10-24)30-20-44-38(46-30)34-18-28-16-32(28)50(34)40(52)36(22(3)4)48(5)42(54)55/h7-14,19-22,27-28,31-36H,15-18H2,1-6H3,(H,43,45)(H,44,46)(H,47,53)(H,54,55)/t27-,28-,31-,32-,33-,34-,35+,36+/m1/s1. The second-order valence-electron chi connectivity index (χ2n) is 16.6. The molecule has 4 N–H and O–H groups in total. The number of alkyl carbamates (subject to hydrolysis) is 1. The van der Waals surface area contributed by atoms with Crippen molar-refractivity contribution in [1.82, 2.24) is 40.0 Å². The smallest absolute Gasteiger partial charge is 0.407 e. The number of nitrogens with one attached hydrogen (secondary N) is 3. The molecule has 0 bridgehead atoms. The molecule has 0 spiro atoms. The molecule has 2 aliphatic carbocycles. The molecule has 2 aromatic carbocycles. The Morgan fingerprint density at radius 3 is 1.59 bits per heavy atom. The van der Waals surface area contributed by atoms with Gasteiger partial charge in [0.2, 0.25) is 11.8 Å². The summed E-state index contributed by atoms with van der Waals surface area (Å²) in [7, 11) is 2.76. The number of fused-ring (bicyclic) bond motifs is 2. The largest absolute Gasteiger partial charge is 0.465 e. The lowest BCUT2D eigenvalue weighted by Gasteiger charge is -2.35. The summed E-state index contributed by atoms with van der Waals surface area (Å²) in [4.78, 5) is 72.7. The quantitative estimate of drug-likeness (QED) is 0.134. The first-order chi connectivity index (χ1) is 26.8. The van der Waals surface area contributed by atoms with Gasteiger partial charge in [0.25, 0.3) is 0 Å². The van der Waals surface area contributed by atoms with Crippen molar-refractivity contribution >= 4 is 24.0 Å². The number of hydrogen-bond donors (Lipinski definition) is 4. The van der Waals surface area contributed by atoms with Crippen LogP contribution in [-0.2, 0) is 14.3 Å². The maximum Gasteiger partial charge on any atom is 0.407 e. The molecule has 2 saturated heterocycles. The van der Waals surface area contributed by atoms with Crippen LogP contribution in [0.1, 0.15) is 77.1 Å². The number of hydrogen-bond acceptors (Lipinski definition) is 7. The molecule has 2 aliphatic heterocycles. The van der Waals surface area contributed by atoms with Crippen molar-refractivity contribution in [3.8, 4) is 33.6 Å². The van der Waals surface area contributed by atoms with Crippen LogP contribution in [0.5, 0.6) is 0 Å². The van der Waals surface area contributed by atoms with Gasteiger partial charge in [-0.05, 0) is 71.6 Å². The molecule has 8 atom stereocenters. The summed E-state index contributed by atoms with van der Waals surface area (Å²) >= 11 is 0. The van der Waals surface area contributed by atoms with Crippen molar-refractivity contribution < 1.29 is 29.0 Å². The molecular weight excluding hydrogens is 713 g/mol. The van der Waals surface area contributed by atoms with E-state index in [0.717, 1.165) is 75.9 Å². The SMILES string of the molecule is COC(=O)N[C@H](C(=O)N1[C@@H](c2ncc(-c3ccc(-c4ccc(-c5cnc([C@H]6C[C@H]7C[C@H]7N6C(=O)[C@H](C(C)C)N(C)C(=O)O)[nH]5)cc4)cc3)[nH]2)C[C@H]2C[C@H]21)C(C)C. The molecule has 14 heteroatoms. The van der Waals surface area contributed by atoms with Gasteiger partial charge in [0.05, 0.1) is 43.0 Å². The van der Waals surface area contributed by atoms with Crippen molar-refractivity contribution in [2.75, 3.05) is 14.2 Å². The van der Waals surface area contributed by atoms with Crippen LogP contribution in [0.15, 0.2) is 60.9 Å². The van der Waals surface area contributed by atoms with Crippen LogP contribution in [-0.4, -0.2) is 102 Å². The number of aromatic nitrogens is 4. The number of piperidine rings is 2. The Balaban J connectivity index is 0.936. The molecule has 4 heterocycles. The fourth-order valence-electron chi connectivity index (χ4n) is 9.05. The zero-order valence-electron chi connectivity index (χ0n) is 32.6. The maximum atomic E-state index is 13.8. The number of carboxylic acid groups (broad SMARTS) is 1. The van der Waals surface area contributed by atoms with E-state index in [1.54, 1.807) is 6.20 Å². The molecule has 2 saturated carbocycles. The van der Waals surface area contributed by atoms with E-state index in [-0.39, 0.29) is 47.8 Å². The van der Waals surface area contributed by atoms with Gasteiger partial charge in [-0.25, -0.2) is 19.6 Å². The number of aromatic amines is 2. The van der Waals surface area contributed by atoms with Gasteiger partial charge in [0.15, 0.2) is 0 Å². The first-order valence-corrected chi connectivity index (χ1v) is 19.6. The summed E-state index contributed by atoms with van der Waals surface area (Å²) in [6, 6.07) is 15.0. The Hall–Kier alpha value is -5.66. The number of carbonyl (C=O) groups is 4. The Kier molecular flexibility index (Phi) is 9.61. The third kappa shape index (κ3) is 6.79. The predicted molar refractivity (Wildman–Crippen MR) is 208 cm³/mol. The minimum Gasteiger partial charge on any atom is -0.465 e. The molecule has 4 aromatic rings. The number of benzene rings is 2. The first kappa shape index (κ1) is 37.3. The lowest BCUT2D eigenvalue weighted by Crippen LogP contribution is -2.52. The normalized spacial score (nSPS) is 24.4. The highest BCUT2D eigenvalue weighted by Gasteiger charge is 2.57. The highest BCUT2D eigenvalue weighted by molar-refractivity contribution is 5.88. The number of nitrogens with zero attached hydrogens (tertiary/aromatic N) is 5. The fraction of sp³-hybridized carbons (Fsp3) is 0.476. The molecule has 2 aromatic heterocycles. The second kappa shape index (κ2) is 14.4. The molecule has 294 valence electrons. The number of imidazole rings is 2. The van der Waals surface area contributed by atoms with E-state index in [0.29, 0.717) is 11.8 Å². The molecule has 4 fully saturated rings. The molecule has 14 nitrogen and oxygen atoms in total. The zero-order chi connectivity index (χ0) is 39.6. The average molecular weight is 763 g/mol. The van der Waals surface area contributed by atoms with Crippen LogP contribution < -0.4 is 5.32 Å². The van der Waals surface area contributed by atoms with E-state index >= 15 is 0 Å². The van der Waals surface area contributed by atoms with Crippen molar-refractivity contribution in [2.45, 2.75) is 89.6 Å². The molecule has 4 amide bonds. The fourth-order valence-corrected chi connectivity index (χ4v) is 9.05. The number of methoxy groups -OCH3 is 1. The minimum atomic E-state index is -1.11. The zero-order valence-corrected chi connectivity index (χ0v) is 32.6. The van der Waals surface area contributed by atoms with Gasteiger partial charge < -0.3 is 34.9 Å². The van der Waals surface area contributed by atoms with E-state index in [4.69, 9.17) is 14.7 Å². The van der Waals surface area contributed by atoms with Crippen LogP contribution in [0.25, 0.3) is 33.6 Å². The molecule has 8 rings (SSSR count). The second-order valence-corrected chi connectivity index (χ2v) is 16.6. The number of rotatable bonds is 11. The van der Waals surface area contributed by atoms with Crippen LogP contribution in [0.3, 0.4) is 0 Å². The minimum absolute atomic E-state index is 0.100. The summed E-state index contributed by atoms with van der Waals surface area (Å²) in [5, 5.41) is 12.4. The topological polar surface area (TPSA) is 177 Å². The lowest BCUT2D eigenvalue weighted by atomic mass is 10.0. The van der Waals surface area contributed by atoms with E-state index < -0.39 is 24.3 Å². The highest BCUT2D eigenvalue weighted by atomic mass is 16.5. The Morgan fingerprint density at radius 2 is 1.18 bits per heavy atom. The molecule has 56 heavy (non-hydrogen) atoms. The van der Waals surface area contributed by atoms with Crippen LogP contribution in [0.4, 0.5) is 9.59 Å². The monoisotopic (exact) mass is 762 g/mol. The van der Waals surface area contributed by atoms with Crippen molar-refractivity contribution in [1.29, 1.82) is 0 Å². The third-order valence-electron chi connectivity index (χ3n) is 12.3. The van der Waals surface area contributed by atoms with Gasteiger partial charge >= 0.3 is 12.2 Å². The Labute approximate surface area is 326 Å². The summed E-state index contributed by atoms with van der Waals surface area (Å²) in [5.41, 5.74) is 5.78. The van der Waals surface area contributed by atoms with Gasteiger partial charge in [-0.1, -0.05) is 76.2 Å². The number of likely N-dealkylation sites (tertiary alicyclic amines) is 2. The van der Waals surface area contributed by atoms with Crippen LogP contribution >= 0.6 is 0 Å². The molecule has 0 unspecified atom stereocenters. The van der Waals surface area contributed by atoms with E-state index in [9.17, 15) is 24.3 Å². The Morgan fingerprint density at radius 1 is 0.732 bits per heavy atom. The van der Waals surface area contributed by atoms with Gasteiger partial charge in [-0.15, -0.1) is 0 Å². The van der Waals surface area contributed by atoms with Crippen molar-refractivity contribution in [3.63, 3.8) is 0 Å². The molecular formula is C42H50N8O6. The number of carbonyl (C=O) groups excluding carboxylic acids is 3. The summed E-state index contributed by atoms with van der Waals surface area (Å²) < 4.78 is 4.79. The summed E-state index contributed by atoms with van der Waals surface area (Å²) in [5.74, 6) is 1.81. The Bertz CT molecular complexity index is 2130. The lowest BCUT2D eigenvalue weighted by molar-refractivity contribution is -0.140. The number of ether oxygens (including phenoxy) is 1. The number of likely N-dealkylation sites (N-methyl/N-ethyl adjacent to an activating group) is 1. The summed E-state index contributed by atoms with van der Waals surface area (Å²) in [6.45, 7) is 7.59. The van der Waals surface area contributed by atoms with E-state index in [2.05, 4.69) is 63.8 Å². The predicted octanol–water partition coefficient (Wildman–Crippen LogP) is 6.47.